The Morgan fingerprint density at radius 2 is 0.550 bits per heavy atom. The van der Waals surface area contributed by atoms with Crippen LogP contribution in [0.25, 0.3) is 0 Å². The Kier molecular flexibility index (Phi) is 39.0. The van der Waals surface area contributed by atoms with Gasteiger partial charge in [0.15, 0.2) is 0 Å². The first-order valence-electron chi connectivity index (χ1n) is 17.9. The summed E-state index contributed by atoms with van der Waals surface area (Å²) in [6.45, 7) is 9.97. The zero-order chi connectivity index (χ0) is 29.8. The molecule has 0 atom stereocenters. The number of ether oxygens (including phenoxy) is 2. The van der Waals surface area contributed by atoms with Gasteiger partial charge in [0, 0.05) is 12.8 Å². The van der Waals surface area contributed by atoms with Crippen molar-refractivity contribution in [3.05, 3.63) is 0 Å². The molecule has 0 spiro atoms. The summed E-state index contributed by atoms with van der Waals surface area (Å²) >= 11 is 0. The molecule has 240 valence electrons. The maximum Gasteiger partial charge on any atom is 0.305 e. The van der Waals surface area contributed by atoms with Gasteiger partial charge in [0.05, 0.1) is 13.2 Å². The molecule has 0 fully saturated rings. The molecule has 0 bridgehead atoms. The highest BCUT2D eigenvalue weighted by Gasteiger charge is 2.02. The van der Waals surface area contributed by atoms with Gasteiger partial charge in [-0.05, 0) is 25.7 Å². The third-order valence-electron chi connectivity index (χ3n) is 7.49. The maximum atomic E-state index is 11.3. The van der Waals surface area contributed by atoms with Crippen LogP contribution in [0.1, 0.15) is 207 Å². The second kappa shape index (κ2) is 37.9. The lowest BCUT2D eigenvalue weighted by molar-refractivity contribution is -0.144. The molecule has 0 aromatic heterocycles. The van der Waals surface area contributed by atoms with Crippen molar-refractivity contribution >= 4 is 11.9 Å². The number of unbranched alkanes of at least 4 members (excludes halogenated alkanes) is 22. The normalized spacial score (nSPS) is 10.7. The molecule has 0 N–H and O–H groups in total. The summed E-state index contributed by atoms with van der Waals surface area (Å²) in [6.07, 6.45) is 34.5. The van der Waals surface area contributed by atoms with Crippen molar-refractivity contribution in [1.29, 1.82) is 0 Å². The van der Waals surface area contributed by atoms with E-state index in [2.05, 4.69) is 27.7 Å². The van der Waals surface area contributed by atoms with Gasteiger partial charge in [0.2, 0.25) is 0 Å². The topological polar surface area (TPSA) is 52.6 Å². The number of carbonyl (C=O) groups excluding carboxylic acids is 2. The Bertz CT molecular complexity index is 447. The molecular weight excluding hydrogens is 496 g/mol. The first kappa shape index (κ1) is 41.1. The third-order valence-corrected chi connectivity index (χ3v) is 7.49. The molecule has 0 rings (SSSR count). The molecule has 0 amide bonds. The average molecular weight is 569 g/mol. The second-order valence-electron chi connectivity index (χ2n) is 11.7. The zero-order valence-electron chi connectivity index (χ0n) is 27.8. The molecule has 0 aliphatic carbocycles. The van der Waals surface area contributed by atoms with Crippen LogP contribution in [0.15, 0.2) is 0 Å². The van der Waals surface area contributed by atoms with Crippen LogP contribution < -0.4 is 0 Å². The second-order valence-corrected chi connectivity index (χ2v) is 11.7. The van der Waals surface area contributed by atoms with E-state index in [1.807, 2.05) is 0 Å². The molecule has 0 radical (unpaired) electrons. The minimum Gasteiger partial charge on any atom is -0.466 e. The van der Waals surface area contributed by atoms with Crippen molar-refractivity contribution in [2.24, 2.45) is 0 Å². The van der Waals surface area contributed by atoms with Crippen LogP contribution >= 0.6 is 0 Å². The zero-order valence-corrected chi connectivity index (χ0v) is 27.8. The average Bonchev–Trinajstić information content (AvgIpc) is 2.96. The Morgan fingerprint density at radius 1 is 0.325 bits per heavy atom. The highest BCUT2D eigenvalue weighted by Crippen LogP contribution is 2.12. The van der Waals surface area contributed by atoms with Crippen molar-refractivity contribution in [2.75, 3.05) is 13.2 Å². The lowest BCUT2D eigenvalue weighted by Crippen LogP contribution is -2.05. The fraction of sp³-hybridized carbons (Fsp3) is 0.944. The smallest absolute Gasteiger partial charge is 0.305 e. The van der Waals surface area contributed by atoms with Gasteiger partial charge in [0.1, 0.15) is 0 Å². The molecule has 0 unspecified atom stereocenters. The molecule has 0 aliphatic heterocycles. The molecule has 40 heavy (non-hydrogen) atoms. The van der Waals surface area contributed by atoms with E-state index < -0.39 is 0 Å². The fourth-order valence-corrected chi connectivity index (χ4v) is 4.69. The van der Waals surface area contributed by atoms with E-state index >= 15 is 0 Å². The predicted molar refractivity (Wildman–Crippen MR) is 174 cm³/mol. The molecule has 0 heterocycles. The van der Waals surface area contributed by atoms with Crippen LogP contribution in [0.2, 0.25) is 0 Å². The van der Waals surface area contributed by atoms with Gasteiger partial charge >= 0.3 is 11.9 Å². The molecule has 0 aliphatic rings. The minimum absolute atomic E-state index is 0.0149. The molecule has 0 saturated heterocycles. The first-order chi connectivity index (χ1) is 19.6. The van der Waals surface area contributed by atoms with E-state index in [-0.39, 0.29) is 11.9 Å². The minimum atomic E-state index is -0.0149. The Balaban J connectivity index is 0. The van der Waals surface area contributed by atoms with Crippen LogP contribution in [-0.4, -0.2) is 25.2 Å². The quantitative estimate of drug-likeness (QED) is 0.0638. The van der Waals surface area contributed by atoms with Crippen molar-refractivity contribution < 1.29 is 19.1 Å². The van der Waals surface area contributed by atoms with Crippen LogP contribution in [0.5, 0.6) is 0 Å². The van der Waals surface area contributed by atoms with Gasteiger partial charge in [-0.15, -0.1) is 0 Å². The number of esters is 2. The van der Waals surface area contributed by atoms with Gasteiger partial charge in [-0.2, -0.15) is 0 Å². The van der Waals surface area contributed by atoms with Gasteiger partial charge in [0.25, 0.3) is 0 Å². The summed E-state index contributed by atoms with van der Waals surface area (Å²) in [6, 6.07) is 0. The summed E-state index contributed by atoms with van der Waals surface area (Å²) in [4.78, 5) is 22.5. The summed E-state index contributed by atoms with van der Waals surface area (Å²) in [7, 11) is 0. The van der Waals surface area contributed by atoms with E-state index in [9.17, 15) is 9.59 Å². The molecular formula is C36H72O4. The van der Waals surface area contributed by atoms with Crippen molar-refractivity contribution in [1.82, 2.24) is 0 Å². The van der Waals surface area contributed by atoms with Crippen molar-refractivity contribution in [3.63, 3.8) is 0 Å². The van der Waals surface area contributed by atoms with Gasteiger partial charge in [-0.1, -0.05) is 169 Å². The number of rotatable bonds is 30. The standard InChI is InChI=1S/2C18H36O2/c2*1-3-5-7-8-9-10-11-12-13-14-15-17-20-18(19)16-6-4-2/h2*3-17H2,1-2H3. The van der Waals surface area contributed by atoms with Crippen LogP contribution in [0.4, 0.5) is 0 Å². The van der Waals surface area contributed by atoms with Crippen LogP contribution in [0.3, 0.4) is 0 Å². The lowest BCUT2D eigenvalue weighted by Gasteiger charge is -2.04. The highest BCUT2D eigenvalue weighted by molar-refractivity contribution is 5.69. The summed E-state index contributed by atoms with van der Waals surface area (Å²) in [5, 5.41) is 0. The number of carbonyl (C=O) groups is 2. The number of hydrogen-bond acceptors (Lipinski definition) is 4. The van der Waals surface area contributed by atoms with Gasteiger partial charge in [-0.25, -0.2) is 0 Å². The maximum absolute atomic E-state index is 11.3. The van der Waals surface area contributed by atoms with E-state index in [0.29, 0.717) is 26.1 Å². The van der Waals surface area contributed by atoms with E-state index in [1.165, 1.54) is 128 Å². The van der Waals surface area contributed by atoms with Crippen LogP contribution in [-0.2, 0) is 19.1 Å². The predicted octanol–water partition coefficient (Wildman–Crippen LogP) is 12.1. The molecule has 4 heteroatoms. The SMILES string of the molecule is CCCCCCCCCCCCCOC(=O)CCCC.CCCCCCCCCCCCCOC(=O)CCCC. The largest absolute Gasteiger partial charge is 0.466 e. The Morgan fingerprint density at radius 3 is 0.800 bits per heavy atom. The van der Waals surface area contributed by atoms with Gasteiger partial charge in [-0.3, -0.25) is 9.59 Å². The van der Waals surface area contributed by atoms with E-state index in [4.69, 9.17) is 9.47 Å². The molecule has 0 saturated carbocycles. The summed E-state index contributed by atoms with van der Waals surface area (Å²) < 4.78 is 10.4. The molecule has 4 nitrogen and oxygen atoms in total. The van der Waals surface area contributed by atoms with Gasteiger partial charge < -0.3 is 9.47 Å². The third kappa shape index (κ3) is 39.1. The monoisotopic (exact) mass is 569 g/mol. The Hall–Kier alpha value is -1.06. The Labute approximate surface area is 251 Å². The summed E-state index contributed by atoms with van der Waals surface area (Å²) in [5.74, 6) is -0.0298. The van der Waals surface area contributed by atoms with Crippen LogP contribution in [0, 0.1) is 0 Å². The lowest BCUT2D eigenvalue weighted by atomic mass is 10.1. The number of hydrogen-bond donors (Lipinski definition) is 0. The molecule has 0 aromatic rings. The van der Waals surface area contributed by atoms with Crippen molar-refractivity contribution in [2.45, 2.75) is 207 Å². The fourth-order valence-electron chi connectivity index (χ4n) is 4.69. The first-order valence-corrected chi connectivity index (χ1v) is 17.9. The highest BCUT2D eigenvalue weighted by atomic mass is 16.5. The van der Waals surface area contributed by atoms with E-state index in [1.54, 1.807) is 0 Å². The van der Waals surface area contributed by atoms with Crippen molar-refractivity contribution in [3.8, 4) is 0 Å². The molecule has 0 aromatic carbocycles. The summed E-state index contributed by atoms with van der Waals surface area (Å²) in [5.41, 5.74) is 0. The van der Waals surface area contributed by atoms with E-state index in [0.717, 1.165) is 38.5 Å².